The fourth-order valence-electron chi connectivity index (χ4n) is 3.31. The van der Waals surface area contributed by atoms with Crippen LogP contribution in [0.1, 0.15) is 34.0 Å². The summed E-state index contributed by atoms with van der Waals surface area (Å²) < 4.78 is 1.65. The van der Waals surface area contributed by atoms with Crippen LogP contribution in [0.2, 0.25) is 0 Å². The molecular formula is C19H18BrN3O. The van der Waals surface area contributed by atoms with Crippen LogP contribution in [0.5, 0.6) is 0 Å². The highest BCUT2D eigenvalue weighted by molar-refractivity contribution is 9.09. The van der Waals surface area contributed by atoms with Crippen molar-refractivity contribution < 1.29 is 0 Å². The number of hydrogen-bond donors (Lipinski definition) is 0. The summed E-state index contributed by atoms with van der Waals surface area (Å²) in [7, 11) is 0. The second kappa shape index (κ2) is 5.74. The minimum absolute atomic E-state index is 0.0379. The fraction of sp³-hybridized carbons (Fsp3) is 0.263. The summed E-state index contributed by atoms with van der Waals surface area (Å²) in [5.41, 5.74) is 5.38. The quantitative estimate of drug-likeness (QED) is 0.628. The molecule has 0 saturated heterocycles. The van der Waals surface area contributed by atoms with Crippen molar-refractivity contribution in [3.8, 4) is 0 Å². The molecule has 2 aromatic heterocycles. The summed E-state index contributed by atoms with van der Waals surface area (Å²) >= 11 is 3.62. The highest BCUT2D eigenvalue weighted by Crippen LogP contribution is 2.29. The van der Waals surface area contributed by atoms with Crippen LogP contribution >= 0.6 is 15.9 Å². The number of anilines is 1. The molecule has 5 heteroatoms. The molecule has 0 aliphatic carbocycles. The van der Waals surface area contributed by atoms with Crippen LogP contribution in [0.15, 0.2) is 47.4 Å². The van der Waals surface area contributed by atoms with Gasteiger partial charge in [-0.2, -0.15) is 0 Å². The van der Waals surface area contributed by atoms with Crippen LogP contribution in [-0.2, 0) is 13.1 Å². The Morgan fingerprint density at radius 2 is 1.83 bits per heavy atom. The van der Waals surface area contributed by atoms with E-state index < -0.39 is 0 Å². The SMILES string of the molecule is Cc1cc(C(C)Br)c2nc(N3Cc4ccccc4C3)cc(=O)n2c1. The second-order valence-electron chi connectivity index (χ2n) is 6.36. The maximum absolute atomic E-state index is 12.6. The van der Waals surface area contributed by atoms with Crippen molar-refractivity contribution in [2.45, 2.75) is 31.8 Å². The topological polar surface area (TPSA) is 37.6 Å². The van der Waals surface area contributed by atoms with Crippen molar-refractivity contribution in [1.82, 2.24) is 9.38 Å². The first-order valence-electron chi connectivity index (χ1n) is 8.02. The van der Waals surface area contributed by atoms with E-state index in [2.05, 4.69) is 58.1 Å². The number of aromatic nitrogens is 2. The van der Waals surface area contributed by atoms with Gasteiger partial charge in [0.05, 0.1) is 0 Å². The van der Waals surface area contributed by atoms with E-state index in [1.54, 1.807) is 10.5 Å². The first kappa shape index (κ1) is 15.4. The van der Waals surface area contributed by atoms with E-state index in [1.165, 1.54) is 11.1 Å². The lowest BCUT2D eigenvalue weighted by Gasteiger charge is -2.18. The minimum atomic E-state index is -0.0379. The van der Waals surface area contributed by atoms with Crippen molar-refractivity contribution in [3.63, 3.8) is 0 Å². The Bertz CT molecular complexity index is 969. The number of hydrogen-bond acceptors (Lipinski definition) is 3. The number of nitrogens with zero attached hydrogens (tertiary/aromatic N) is 3. The van der Waals surface area contributed by atoms with Gasteiger partial charge in [0.25, 0.3) is 5.56 Å². The molecular weight excluding hydrogens is 366 g/mol. The summed E-state index contributed by atoms with van der Waals surface area (Å²) in [4.78, 5) is 19.8. The molecule has 24 heavy (non-hydrogen) atoms. The largest absolute Gasteiger partial charge is 0.348 e. The Morgan fingerprint density at radius 1 is 1.17 bits per heavy atom. The van der Waals surface area contributed by atoms with Gasteiger partial charge in [-0.25, -0.2) is 4.98 Å². The van der Waals surface area contributed by atoms with Gasteiger partial charge in [-0.1, -0.05) is 40.2 Å². The molecule has 0 amide bonds. The summed E-state index contributed by atoms with van der Waals surface area (Å²) in [5.74, 6) is 0.745. The zero-order valence-corrected chi connectivity index (χ0v) is 15.2. The fourth-order valence-corrected chi connectivity index (χ4v) is 3.64. The van der Waals surface area contributed by atoms with E-state index in [-0.39, 0.29) is 10.4 Å². The van der Waals surface area contributed by atoms with Gasteiger partial charge in [-0.05, 0) is 36.6 Å². The molecule has 0 N–H and O–H groups in total. The molecule has 3 heterocycles. The Kier molecular flexibility index (Phi) is 3.68. The maximum Gasteiger partial charge on any atom is 0.259 e. The third-order valence-electron chi connectivity index (χ3n) is 4.51. The normalized spacial score (nSPS) is 14.9. The Morgan fingerprint density at radius 3 is 2.46 bits per heavy atom. The molecule has 1 atom stereocenters. The van der Waals surface area contributed by atoms with Gasteiger partial charge in [0.1, 0.15) is 11.5 Å². The molecule has 0 spiro atoms. The van der Waals surface area contributed by atoms with Crippen molar-refractivity contribution in [2.75, 3.05) is 4.90 Å². The number of aryl methyl sites for hydroxylation is 1. The average Bonchev–Trinajstić information content (AvgIpc) is 2.98. The Balaban J connectivity index is 1.85. The van der Waals surface area contributed by atoms with Gasteiger partial charge in [-0.15, -0.1) is 0 Å². The monoisotopic (exact) mass is 383 g/mol. The zero-order valence-electron chi connectivity index (χ0n) is 13.7. The molecule has 1 aromatic carbocycles. The van der Waals surface area contributed by atoms with Crippen LogP contribution in [0.3, 0.4) is 0 Å². The predicted octanol–water partition coefficient (Wildman–Crippen LogP) is 3.98. The summed E-state index contributed by atoms with van der Waals surface area (Å²) in [5, 5.41) is 0. The van der Waals surface area contributed by atoms with Crippen LogP contribution in [0, 0.1) is 6.92 Å². The molecule has 122 valence electrons. The number of halogens is 1. The van der Waals surface area contributed by atoms with Gasteiger partial charge in [0, 0.05) is 35.7 Å². The van der Waals surface area contributed by atoms with Crippen LogP contribution < -0.4 is 10.5 Å². The number of alkyl halides is 1. The molecule has 0 radical (unpaired) electrons. The average molecular weight is 384 g/mol. The number of rotatable bonds is 2. The molecule has 1 aliphatic heterocycles. The summed E-state index contributed by atoms with van der Waals surface area (Å²) in [6, 6.07) is 12.1. The molecule has 1 aliphatic rings. The number of fused-ring (bicyclic) bond motifs is 2. The van der Waals surface area contributed by atoms with E-state index in [1.807, 2.05) is 13.1 Å². The van der Waals surface area contributed by atoms with Crippen molar-refractivity contribution >= 4 is 27.4 Å². The third kappa shape index (κ3) is 2.53. The molecule has 4 rings (SSSR count). The minimum Gasteiger partial charge on any atom is -0.348 e. The lowest BCUT2D eigenvalue weighted by molar-refractivity contribution is 0.846. The second-order valence-corrected chi connectivity index (χ2v) is 7.73. The molecule has 0 bridgehead atoms. The van der Waals surface area contributed by atoms with Gasteiger partial charge in [0.15, 0.2) is 0 Å². The lowest BCUT2D eigenvalue weighted by Crippen LogP contribution is -2.22. The number of pyridine rings is 1. The number of benzene rings is 1. The van der Waals surface area contributed by atoms with E-state index in [9.17, 15) is 4.79 Å². The summed E-state index contributed by atoms with van der Waals surface area (Å²) in [6.07, 6.45) is 1.85. The zero-order chi connectivity index (χ0) is 16.8. The summed E-state index contributed by atoms with van der Waals surface area (Å²) in [6.45, 7) is 5.64. The Labute approximate surface area is 148 Å². The van der Waals surface area contributed by atoms with Gasteiger partial charge in [-0.3, -0.25) is 9.20 Å². The molecule has 3 aromatic rings. The maximum atomic E-state index is 12.6. The van der Waals surface area contributed by atoms with Crippen molar-refractivity contribution in [2.24, 2.45) is 0 Å². The van der Waals surface area contributed by atoms with E-state index >= 15 is 0 Å². The Hall–Kier alpha value is -2.14. The van der Waals surface area contributed by atoms with Crippen molar-refractivity contribution in [3.05, 3.63) is 75.2 Å². The highest BCUT2D eigenvalue weighted by Gasteiger charge is 2.21. The highest BCUT2D eigenvalue weighted by atomic mass is 79.9. The van der Waals surface area contributed by atoms with E-state index in [0.717, 1.165) is 35.7 Å². The van der Waals surface area contributed by atoms with Crippen LogP contribution in [-0.4, -0.2) is 9.38 Å². The predicted molar refractivity (Wildman–Crippen MR) is 99.9 cm³/mol. The van der Waals surface area contributed by atoms with Gasteiger partial charge in [0.2, 0.25) is 0 Å². The van der Waals surface area contributed by atoms with Crippen LogP contribution in [0.25, 0.3) is 5.65 Å². The van der Waals surface area contributed by atoms with Gasteiger partial charge < -0.3 is 4.90 Å². The van der Waals surface area contributed by atoms with E-state index in [4.69, 9.17) is 4.98 Å². The van der Waals surface area contributed by atoms with E-state index in [0.29, 0.717) is 0 Å². The third-order valence-corrected chi connectivity index (χ3v) is 5.00. The molecule has 0 fully saturated rings. The first-order chi connectivity index (χ1) is 11.5. The van der Waals surface area contributed by atoms with Gasteiger partial charge >= 0.3 is 0 Å². The standard InChI is InChI=1S/C19H18BrN3O/c1-12-7-16(13(2)20)19-21-17(8-18(24)23(19)9-12)22-10-14-5-3-4-6-15(14)11-22/h3-9,13H,10-11H2,1-2H3. The lowest BCUT2D eigenvalue weighted by atomic mass is 10.1. The first-order valence-corrected chi connectivity index (χ1v) is 8.94. The van der Waals surface area contributed by atoms with Crippen LogP contribution in [0.4, 0.5) is 5.82 Å². The molecule has 4 nitrogen and oxygen atoms in total. The smallest absolute Gasteiger partial charge is 0.259 e. The van der Waals surface area contributed by atoms with Crippen molar-refractivity contribution in [1.29, 1.82) is 0 Å². The molecule has 0 saturated carbocycles. The molecule has 1 unspecified atom stereocenters.